The van der Waals surface area contributed by atoms with Crippen molar-refractivity contribution >= 4 is 23.0 Å². The van der Waals surface area contributed by atoms with E-state index >= 15 is 0 Å². The van der Waals surface area contributed by atoms with Crippen LogP contribution in [-0.4, -0.2) is 17.3 Å². The number of hydrogen-bond donors (Lipinski definition) is 1. The number of fused-ring (bicyclic) bond motifs is 5. The van der Waals surface area contributed by atoms with Crippen LogP contribution in [0, 0.1) is 46.3 Å². The van der Waals surface area contributed by atoms with Crippen molar-refractivity contribution in [2.24, 2.45) is 46.3 Å². The Morgan fingerprint density at radius 3 is 2.53 bits per heavy atom. The third-order valence-corrected chi connectivity index (χ3v) is 11.0. The molecule has 30 heavy (non-hydrogen) atoms. The molecule has 0 unspecified atom stereocenters. The molecule has 0 aliphatic heterocycles. The van der Waals surface area contributed by atoms with Crippen LogP contribution in [0.25, 0.3) is 0 Å². The van der Waals surface area contributed by atoms with Gasteiger partial charge in [-0.3, -0.25) is 0 Å². The molecule has 3 fully saturated rings. The highest BCUT2D eigenvalue weighted by Gasteiger charge is 2.61. The maximum absolute atomic E-state index is 10.3. The Kier molecular flexibility index (Phi) is 7.04. The topological polar surface area (TPSA) is 29.5 Å². The third-order valence-electron chi connectivity index (χ3n) is 10.4. The van der Waals surface area contributed by atoms with Crippen molar-refractivity contribution in [2.45, 2.75) is 111 Å². The minimum absolute atomic E-state index is 0.146. The summed E-state index contributed by atoms with van der Waals surface area (Å²) in [7, 11) is 0. The first-order chi connectivity index (χ1) is 14.2. The predicted octanol–water partition coefficient (Wildman–Crippen LogP) is 7.73. The summed E-state index contributed by atoms with van der Waals surface area (Å²) in [6.45, 7) is 12.5. The Morgan fingerprint density at radius 1 is 1.07 bits per heavy atom. The molecule has 2 nitrogen and oxygen atoms in total. The number of halogens is 1. The van der Waals surface area contributed by atoms with Gasteiger partial charge < -0.3 is 8.17 Å². The molecule has 0 radical (unpaired) electrons. The second-order valence-electron chi connectivity index (χ2n) is 12.4. The van der Waals surface area contributed by atoms with E-state index in [-0.39, 0.29) is 17.6 Å². The van der Waals surface area contributed by atoms with Crippen molar-refractivity contribution in [3.63, 3.8) is 0 Å². The van der Waals surface area contributed by atoms with Crippen molar-refractivity contribution in [2.75, 3.05) is 0 Å². The van der Waals surface area contributed by atoms with Crippen LogP contribution in [0.1, 0.15) is 98.8 Å². The summed E-state index contributed by atoms with van der Waals surface area (Å²) < 4.78 is 6.14. The van der Waals surface area contributed by atoms with E-state index in [0.29, 0.717) is 11.3 Å². The van der Waals surface area contributed by atoms with Crippen LogP contribution in [0.3, 0.4) is 0 Å². The lowest BCUT2D eigenvalue weighted by atomic mass is 9.46. The molecule has 0 bridgehead atoms. The fourth-order valence-corrected chi connectivity index (χ4v) is 9.20. The summed E-state index contributed by atoms with van der Waals surface area (Å²) in [5.41, 5.74) is 2.28. The maximum Gasteiger partial charge on any atom is 0.110 e. The predicted molar refractivity (Wildman–Crippen MR) is 133 cm³/mol. The zero-order valence-electron chi connectivity index (χ0n) is 20.0. The van der Waals surface area contributed by atoms with Gasteiger partial charge in [0.1, 0.15) is 23.0 Å². The Bertz CT molecular complexity index is 645. The van der Waals surface area contributed by atoms with E-state index in [2.05, 4.69) is 63.7 Å². The van der Waals surface area contributed by atoms with E-state index in [1.54, 1.807) is 0 Å². The molecule has 0 amide bonds. The average Bonchev–Trinajstić information content (AvgIpc) is 3.05. The molecule has 4 aliphatic carbocycles. The Morgan fingerprint density at radius 2 is 1.83 bits per heavy atom. The summed E-state index contributed by atoms with van der Waals surface area (Å²) in [6.07, 6.45) is 15.3. The summed E-state index contributed by atoms with van der Waals surface area (Å²) >= 11 is 2.16. The van der Waals surface area contributed by atoms with Crippen molar-refractivity contribution in [3.05, 3.63) is 11.6 Å². The van der Waals surface area contributed by atoms with Crippen LogP contribution in [0.2, 0.25) is 0 Å². The number of hydrogen-bond acceptors (Lipinski definition) is 2. The van der Waals surface area contributed by atoms with Gasteiger partial charge in [0.05, 0.1) is 12.2 Å². The lowest BCUT2D eigenvalue weighted by Gasteiger charge is -2.59. The van der Waals surface area contributed by atoms with Gasteiger partial charge in [-0.2, -0.15) is 0 Å². The van der Waals surface area contributed by atoms with Gasteiger partial charge in [0.15, 0.2) is 0 Å². The summed E-state index contributed by atoms with van der Waals surface area (Å²) in [5, 5.41) is 10.3. The summed E-state index contributed by atoms with van der Waals surface area (Å²) in [6, 6.07) is 0. The van der Waals surface area contributed by atoms with Gasteiger partial charge in [0.25, 0.3) is 0 Å². The highest BCUT2D eigenvalue weighted by molar-refractivity contribution is 14.1. The molecule has 9 atom stereocenters. The molecule has 3 heteroatoms. The maximum atomic E-state index is 10.3. The molecule has 0 aromatic carbocycles. The normalized spacial score (nSPS) is 46.7. The second kappa shape index (κ2) is 8.97. The first-order valence-electron chi connectivity index (χ1n) is 12.9. The van der Waals surface area contributed by atoms with Gasteiger partial charge in [0.2, 0.25) is 0 Å². The molecule has 3 saturated carbocycles. The minimum Gasteiger partial charge on any atom is -0.393 e. The molecule has 0 heterocycles. The van der Waals surface area contributed by atoms with Gasteiger partial charge in [-0.1, -0.05) is 65.5 Å². The largest absolute Gasteiger partial charge is 0.393 e. The Labute approximate surface area is 199 Å². The second-order valence-corrected chi connectivity index (χ2v) is 12.9. The van der Waals surface area contributed by atoms with Gasteiger partial charge in [-0.05, 0) is 91.3 Å². The molecular weight excluding hydrogens is 483 g/mol. The number of rotatable bonds is 6. The fourth-order valence-electron chi connectivity index (χ4n) is 8.71. The van der Waals surface area contributed by atoms with Crippen molar-refractivity contribution in [1.82, 2.24) is 0 Å². The number of aliphatic hydroxyl groups excluding tert-OH is 1. The molecule has 0 saturated heterocycles. The SMILES string of the molecule is CC(C)CCC[C@@H](C)[C@H]1CC[C@H]2[C@@H]3[C@@H](OI)C=C4C[C@@H](O)CC[C@]4(C)[C@H]3CC[C@]12C. The van der Waals surface area contributed by atoms with E-state index in [4.69, 9.17) is 3.07 Å². The van der Waals surface area contributed by atoms with Gasteiger partial charge in [-0.15, -0.1) is 0 Å². The first kappa shape index (κ1) is 23.5. The van der Waals surface area contributed by atoms with E-state index in [9.17, 15) is 5.11 Å². The third kappa shape index (κ3) is 3.95. The summed E-state index contributed by atoms with van der Waals surface area (Å²) in [4.78, 5) is 0. The summed E-state index contributed by atoms with van der Waals surface area (Å²) in [5.74, 6) is 4.77. The molecular formula is C27H45IO2. The Hall–Kier alpha value is 0.390. The van der Waals surface area contributed by atoms with Crippen LogP contribution < -0.4 is 0 Å². The minimum atomic E-state index is -0.146. The monoisotopic (exact) mass is 528 g/mol. The van der Waals surface area contributed by atoms with E-state index in [0.717, 1.165) is 48.9 Å². The van der Waals surface area contributed by atoms with Crippen molar-refractivity contribution in [1.29, 1.82) is 0 Å². The van der Waals surface area contributed by atoms with Crippen LogP contribution in [0.15, 0.2) is 11.6 Å². The molecule has 4 aliphatic rings. The molecule has 4 rings (SSSR count). The Balaban J connectivity index is 1.56. The number of aliphatic hydroxyl groups is 1. The molecule has 0 aromatic heterocycles. The first-order valence-corrected chi connectivity index (χ1v) is 13.8. The highest BCUT2D eigenvalue weighted by atomic mass is 127. The lowest BCUT2D eigenvalue weighted by Crippen LogP contribution is -2.55. The zero-order chi connectivity index (χ0) is 21.7. The van der Waals surface area contributed by atoms with Crippen molar-refractivity contribution < 1.29 is 8.17 Å². The van der Waals surface area contributed by atoms with Crippen LogP contribution in [0.5, 0.6) is 0 Å². The zero-order valence-corrected chi connectivity index (χ0v) is 22.2. The standard InChI is InChI=1S/C27H45IO2/c1-17(2)7-6-8-18(3)21-9-10-22-25-23(12-14-27(21,22)5)26(4)13-11-20(29)15-19(26)16-24(25)30-28/h16-18,20-25,29H,6-15H2,1-5H3/t18-,20+,21-,22+,23+,24+,25+,26+,27-/m1/s1. The molecule has 1 N–H and O–H groups in total. The lowest BCUT2D eigenvalue weighted by molar-refractivity contribution is -0.0848. The highest BCUT2D eigenvalue weighted by Crippen LogP contribution is 2.67. The van der Waals surface area contributed by atoms with E-state index in [1.807, 2.05) is 0 Å². The van der Waals surface area contributed by atoms with Gasteiger partial charge in [0, 0.05) is 0 Å². The smallest absolute Gasteiger partial charge is 0.110 e. The van der Waals surface area contributed by atoms with Crippen LogP contribution in [-0.2, 0) is 3.07 Å². The van der Waals surface area contributed by atoms with Crippen LogP contribution in [0.4, 0.5) is 0 Å². The average molecular weight is 529 g/mol. The van der Waals surface area contributed by atoms with E-state index < -0.39 is 0 Å². The fraction of sp³-hybridized carbons (Fsp3) is 0.926. The molecule has 0 aromatic rings. The quantitative estimate of drug-likeness (QED) is 0.282. The molecule has 172 valence electrons. The van der Waals surface area contributed by atoms with Crippen LogP contribution >= 0.6 is 23.0 Å². The van der Waals surface area contributed by atoms with Crippen molar-refractivity contribution in [3.8, 4) is 0 Å². The van der Waals surface area contributed by atoms with Gasteiger partial charge in [-0.25, -0.2) is 0 Å². The molecule has 0 spiro atoms. The van der Waals surface area contributed by atoms with Gasteiger partial charge >= 0.3 is 0 Å². The van der Waals surface area contributed by atoms with E-state index in [1.165, 1.54) is 50.5 Å².